The van der Waals surface area contributed by atoms with Crippen molar-refractivity contribution in [3.8, 4) is 11.8 Å². The second kappa shape index (κ2) is 5.00. The van der Waals surface area contributed by atoms with E-state index in [0.29, 0.717) is 6.42 Å². The molecule has 0 saturated heterocycles. The average molecular weight is 230 g/mol. The lowest BCUT2D eigenvalue weighted by Crippen LogP contribution is -2.29. The molecule has 3 nitrogen and oxygen atoms in total. The van der Waals surface area contributed by atoms with Crippen molar-refractivity contribution in [1.82, 2.24) is 0 Å². The molecule has 0 aromatic heterocycles. The molecule has 0 bridgehead atoms. The minimum atomic E-state index is -2.93. The Morgan fingerprint density at radius 3 is 2.40 bits per heavy atom. The van der Waals surface area contributed by atoms with E-state index in [2.05, 4.69) is 11.8 Å². The number of rotatable bonds is 2. The van der Waals surface area contributed by atoms with Crippen molar-refractivity contribution in [3.63, 3.8) is 0 Å². The van der Waals surface area contributed by atoms with Gasteiger partial charge in [-0.2, -0.15) is 0 Å². The molecule has 1 rings (SSSR count). The Labute approximate surface area is 91.8 Å². The van der Waals surface area contributed by atoms with Crippen LogP contribution in [0, 0.1) is 11.8 Å². The van der Waals surface area contributed by atoms with Crippen LogP contribution in [0.5, 0.6) is 0 Å². The topological polar surface area (TPSA) is 54.4 Å². The fourth-order valence-electron chi connectivity index (χ4n) is 1.73. The highest BCUT2D eigenvalue weighted by Crippen LogP contribution is 2.27. The molecule has 4 heteroatoms. The summed E-state index contributed by atoms with van der Waals surface area (Å²) in [5.41, 5.74) is -0.851. The highest BCUT2D eigenvalue weighted by molar-refractivity contribution is 7.90. The van der Waals surface area contributed by atoms with E-state index in [1.54, 1.807) is 0 Å². The Morgan fingerprint density at radius 1 is 1.27 bits per heavy atom. The summed E-state index contributed by atoms with van der Waals surface area (Å²) >= 11 is 0. The van der Waals surface area contributed by atoms with Gasteiger partial charge in [-0.15, -0.1) is 0 Å². The van der Waals surface area contributed by atoms with Gasteiger partial charge in [0.1, 0.15) is 15.4 Å². The lowest BCUT2D eigenvalue weighted by Gasteiger charge is -2.26. The van der Waals surface area contributed by atoms with Gasteiger partial charge in [-0.1, -0.05) is 18.3 Å². The molecule has 0 aromatic rings. The quantitative estimate of drug-likeness (QED) is 0.723. The van der Waals surface area contributed by atoms with Gasteiger partial charge in [0, 0.05) is 12.7 Å². The lowest BCUT2D eigenvalue weighted by atomic mass is 9.85. The Hall–Kier alpha value is -0.530. The summed E-state index contributed by atoms with van der Waals surface area (Å²) in [7, 11) is -2.93. The summed E-state index contributed by atoms with van der Waals surface area (Å²) in [4.78, 5) is 0. The first kappa shape index (κ1) is 12.5. The zero-order chi connectivity index (χ0) is 11.4. The molecule has 0 spiro atoms. The van der Waals surface area contributed by atoms with Gasteiger partial charge in [0.05, 0.1) is 5.75 Å². The first-order valence-corrected chi connectivity index (χ1v) is 7.38. The van der Waals surface area contributed by atoms with Gasteiger partial charge in [-0.25, -0.2) is 8.42 Å². The van der Waals surface area contributed by atoms with Crippen LogP contribution < -0.4 is 0 Å². The molecule has 0 atom stereocenters. The Morgan fingerprint density at radius 2 is 1.87 bits per heavy atom. The molecule has 1 aliphatic carbocycles. The van der Waals surface area contributed by atoms with Crippen LogP contribution >= 0.6 is 0 Å². The van der Waals surface area contributed by atoms with Crippen LogP contribution in [0.1, 0.15) is 38.5 Å². The molecule has 0 radical (unpaired) electrons. The normalized spacial score (nSPS) is 20.4. The van der Waals surface area contributed by atoms with Gasteiger partial charge in [0.15, 0.2) is 0 Å². The largest absolute Gasteiger partial charge is 0.378 e. The van der Waals surface area contributed by atoms with E-state index in [1.165, 1.54) is 6.26 Å². The maximum atomic E-state index is 10.8. The third-order valence-corrected chi connectivity index (χ3v) is 3.55. The van der Waals surface area contributed by atoms with Crippen LogP contribution in [-0.2, 0) is 9.84 Å². The highest BCUT2D eigenvalue weighted by Gasteiger charge is 2.26. The van der Waals surface area contributed by atoms with Crippen LogP contribution in [0.15, 0.2) is 0 Å². The van der Waals surface area contributed by atoms with E-state index in [9.17, 15) is 13.5 Å². The van der Waals surface area contributed by atoms with Crippen LogP contribution in [0.3, 0.4) is 0 Å². The molecule has 86 valence electrons. The molecule has 1 fully saturated rings. The van der Waals surface area contributed by atoms with Crippen LogP contribution in [-0.4, -0.2) is 31.1 Å². The second-order valence-corrected chi connectivity index (χ2v) is 6.53. The van der Waals surface area contributed by atoms with Crippen LogP contribution in [0.25, 0.3) is 0 Å². The number of hydrogen-bond donors (Lipinski definition) is 1. The number of aliphatic hydroxyl groups is 1. The van der Waals surface area contributed by atoms with Gasteiger partial charge in [0.2, 0.25) is 0 Å². The van der Waals surface area contributed by atoms with Crippen LogP contribution in [0.4, 0.5) is 0 Å². The predicted molar refractivity (Wildman–Crippen MR) is 60.1 cm³/mol. The molecule has 0 heterocycles. The van der Waals surface area contributed by atoms with Gasteiger partial charge in [-0.05, 0) is 25.7 Å². The minimum Gasteiger partial charge on any atom is -0.378 e. The van der Waals surface area contributed by atoms with Gasteiger partial charge in [0.25, 0.3) is 0 Å². The highest BCUT2D eigenvalue weighted by atomic mass is 32.2. The predicted octanol–water partition coefficient (Wildman–Crippen LogP) is 1.12. The molecule has 1 aliphatic rings. The van der Waals surface area contributed by atoms with E-state index < -0.39 is 15.4 Å². The lowest BCUT2D eigenvalue weighted by molar-refractivity contribution is 0.0609. The summed E-state index contributed by atoms with van der Waals surface area (Å²) in [5.74, 6) is 5.66. The first-order valence-electron chi connectivity index (χ1n) is 5.31. The summed E-state index contributed by atoms with van der Waals surface area (Å²) in [6, 6.07) is 0. The Kier molecular flexibility index (Phi) is 4.18. The minimum absolute atomic E-state index is 0.0794. The van der Waals surface area contributed by atoms with Gasteiger partial charge in [-0.3, -0.25) is 0 Å². The summed E-state index contributed by atoms with van der Waals surface area (Å²) in [6.45, 7) is 0. The Bertz CT molecular complexity index is 353. The molecular formula is C11H18O3S. The monoisotopic (exact) mass is 230 g/mol. The summed E-state index contributed by atoms with van der Waals surface area (Å²) < 4.78 is 21.7. The fraction of sp³-hybridized carbons (Fsp3) is 0.818. The standard InChI is InChI=1S/C11H18O3S/c1-15(13,14)10-6-5-9-11(12)7-3-2-4-8-11/h12H,2-4,6-8,10H2,1H3. The van der Waals surface area contributed by atoms with E-state index >= 15 is 0 Å². The smallest absolute Gasteiger partial charge is 0.148 e. The van der Waals surface area contributed by atoms with Crippen molar-refractivity contribution in [2.45, 2.75) is 44.1 Å². The third kappa shape index (κ3) is 5.19. The van der Waals surface area contributed by atoms with E-state index in [4.69, 9.17) is 0 Å². The molecular weight excluding hydrogens is 212 g/mol. The Balaban J connectivity index is 2.42. The second-order valence-electron chi connectivity index (χ2n) is 4.27. The summed E-state index contributed by atoms with van der Waals surface area (Å²) in [5, 5.41) is 9.98. The van der Waals surface area contributed by atoms with E-state index in [1.807, 2.05) is 0 Å². The van der Waals surface area contributed by atoms with Crippen molar-refractivity contribution in [2.24, 2.45) is 0 Å². The van der Waals surface area contributed by atoms with Gasteiger partial charge < -0.3 is 5.11 Å². The molecule has 0 aliphatic heterocycles. The zero-order valence-corrected chi connectivity index (χ0v) is 9.94. The summed E-state index contributed by atoms with van der Waals surface area (Å²) in [6.07, 6.45) is 6.14. The number of sulfone groups is 1. The van der Waals surface area contributed by atoms with Crippen LogP contribution in [0.2, 0.25) is 0 Å². The molecule has 15 heavy (non-hydrogen) atoms. The molecule has 0 unspecified atom stereocenters. The van der Waals surface area contributed by atoms with E-state index in [0.717, 1.165) is 32.1 Å². The molecule has 1 N–H and O–H groups in total. The zero-order valence-electron chi connectivity index (χ0n) is 9.12. The number of hydrogen-bond acceptors (Lipinski definition) is 3. The molecule has 0 aromatic carbocycles. The average Bonchev–Trinajstić information content (AvgIpc) is 2.12. The van der Waals surface area contributed by atoms with Crippen molar-refractivity contribution in [3.05, 3.63) is 0 Å². The fourth-order valence-corrected chi connectivity index (χ4v) is 2.20. The molecule has 0 amide bonds. The van der Waals surface area contributed by atoms with Gasteiger partial charge >= 0.3 is 0 Å². The first-order chi connectivity index (χ1) is 6.91. The van der Waals surface area contributed by atoms with Crippen molar-refractivity contribution < 1.29 is 13.5 Å². The van der Waals surface area contributed by atoms with Crippen molar-refractivity contribution >= 4 is 9.84 Å². The van der Waals surface area contributed by atoms with Crippen molar-refractivity contribution in [2.75, 3.05) is 12.0 Å². The maximum Gasteiger partial charge on any atom is 0.148 e. The molecule has 1 saturated carbocycles. The van der Waals surface area contributed by atoms with Crippen molar-refractivity contribution in [1.29, 1.82) is 0 Å². The maximum absolute atomic E-state index is 10.8. The van der Waals surface area contributed by atoms with E-state index in [-0.39, 0.29) is 5.75 Å². The SMILES string of the molecule is CS(=O)(=O)CCC#CC1(O)CCCCC1. The third-order valence-electron chi connectivity index (χ3n) is 2.60.